The van der Waals surface area contributed by atoms with Crippen molar-refractivity contribution >= 4 is 17.5 Å². The van der Waals surface area contributed by atoms with Gasteiger partial charge in [0.05, 0.1) is 25.5 Å². The van der Waals surface area contributed by atoms with Gasteiger partial charge in [0.2, 0.25) is 0 Å². The number of rotatable bonds is 4. The number of benzene rings is 2. The zero-order valence-corrected chi connectivity index (χ0v) is 15.7. The molecule has 1 aliphatic heterocycles. The van der Waals surface area contributed by atoms with Crippen LogP contribution in [0.2, 0.25) is 0 Å². The van der Waals surface area contributed by atoms with Crippen LogP contribution in [0.1, 0.15) is 29.2 Å². The molecule has 0 radical (unpaired) electrons. The molecule has 1 heterocycles. The minimum atomic E-state index is -4.35. The first-order valence-electron chi connectivity index (χ1n) is 8.53. The molecule has 2 aromatic carbocycles. The second-order valence-electron chi connectivity index (χ2n) is 6.31. The van der Waals surface area contributed by atoms with E-state index in [-0.39, 0.29) is 0 Å². The lowest BCUT2D eigenvalue weighted by molar-refractivity contribution is -0.137. The molecule has 146 valence electrons. The third kappa shape index (κ3) is 4.24. The van der Waals surface area contributed by atoms with Crippen molar-refractivity contribution in [1.29, 1.82) is 0 Å². The van der Waals surface area contributed by atoms with Crippen LogP contribution in [0.3, 0.4) is 0 Å². The van der Waals surface area contributed by atoms with Crippen LogP contribution in [-0.4, -0.2) is 25.6 Å². The summed E-state index contributed by atoms with van der Waals surface area (Å²) in [6.07, 6.45) is -0.309. The molecule has 0 saturated heterocycles. The Balaban J connectivity index is 1.97. The van der Waals surface area contributed by atoms with Crippen LogP contribution in [0.5, 0.6) is 11.5 Å². The monoisotopic (exact) mass is 388 g/mol. The highest BCUT2D eigenvalue weighted by Gasteiger charge is 2.29. The smallest absolute Gasteiger partial charge is 0.416 e. The van der Waals surface area contributed by atoms with Crippen LogP contribution in [0.25, 0.3) is 6.08 Å². The molecule has 0 unspecified atom stereocenters. The van der Waals surface area contributed by atoms with Gasteiger partial charge in [-0.1, -0.05) is 18.2 Å². The van der Waals surface area contributed by atoms with Gasteiger partial charge in [0.25, 0.3) is 0 Å². The van der Waals surface area contributed by atoms with Gasteiger partial charge in [-0.3, -0.25) is 0 Å². The van der Waals surface area contributed by atoms with E-state index in [1.54, 1.807) is 26.4 Å². The number of hydrogen-bond donors (Lipinski definition) is 0. The van der Waals surface area contributed by atoms with Gasteiger partial charge in [-0.15, -0.1) is 0 Å². The second-order valence-corrected chi connectivity index (χ2v) is 6.31. The lowest BCUT2D eigenvalue weighted by atomic mass is 9.97. The third-order valence-electron chi connectivity index (χ3n) is 4.33. The fourth-order valence-corrected chi connectivity index (χ4v) is 2.89. The first kappa shape index (κ1) is 19.7. The van der Waals surface area contributed by atoms with E-state index in [9.17, 15) is 13.2 Å². The van der Waals surface area contributed by atoms with Gasteiger partial charge in [0.15, 0.2) is 11.5 Å². The van der Waals surface area contributed by atoms with Gasteiger partial charge in [0, 0.05) is 17.7 Å². The van der Waals surface area contributed by atoms with Gasteiger partial charge in [-0.2, -0.15) is 23.4 Å². The minimum Gasteiger partial charge on any atom is -0.493 e. The van der Waals surface area contributed by atoms with Gasteiger partial charge in [-0.05, 0) is 48.4 Å². The van der Waals surface area contributed by atoms with Crippen LogP contribution in [-0.2, 0) is 12.6 Å². The summed E-state index contributed by atoms with van der Waals surface area (Å²) in [7, 11) is 3.12. The molecule has 0 fully saturated rings. The summed E-state index contributed by atoms with van der Waals surface area (Å²) in [4.78, 5) is 0. The standard InChI is InChI=1S/C21H19F3N2O2/c1-13-10-15-11-19(27-2)20(28-3)12-17(15)18(26-25-13)9-6-14-4-7-16(8-5-14)21(22,23)24/h4-9,11-12H,10H2,1-3H3. The van der Waals surface area contributed by atoms with E-state index in [1.165, 1.54) is 12.1 Å². The molecule has 0 spiro atoms. The van der Waals surface area contributed by atoms with Crippen molar-refractivity contribution in [1.82, 2.24) is 0 Å². The number of ether oxygens (including phenoxy) is 2. The highest BCUT2D eigenvalue weighted by Crippen LogP contribution is 2.33. The van der Waals surface area contributed by atoms with Gasteiger partial charge in [0.1, 0.15) is 0 Å². The van der Waals surface area contributed by atoms with Crippen molar-refractivity contribution in [2.45, 2.75) is 19.5 Å². The number of fused-ring (bicyclic) bond motifs is 1. The van der Waals surface area contributed by atoms with Crippen molar-refractivity contribution < 1.29 is 22.6 Å². The van der Waals surface area contributed by atoms with Crippen molar-refractivity contribution in [2.24, 2.45) is 10.2 Å². The average molecular weight is 388 g/mol. The number of hydrogen-bond acceptors (Lipinski definition) is 4. The summed E-state index contributed by atoms with van der Waals surface area (Å²) in [6, 6.07) is 8.66. The quantitative estimate of drug-likeness (QED) is 0.726. The summed E-state index contributed by atoms with van der Waals surface area (Å²) >= 11 is 0. The lowest BCUT2D eigenvalue weighted by Gasteiger charge is -2.13. The zero-order valence-electron chi connectivity index (χ0n) is 15.7. The first-order chi connectivity index (χ1) is 13.3. The van der Waals surface area contributed by atoms with Crippen molar-refractivity contribution in [3.63, 3.8) is 0 Å². The van der Waals surface area contributed by atoms with E-state index < -0.39 is 11.7 Å². The molecule has 4 nitrogen and oxygen atoms in total. The molecule has 0 bridgehead atoms. The average Bonchev–Trinajstić information content (AvgIpc) is 2.82. The molecule has 1 aliphatic rings. The van der Waals surface area contributed by atoms with E-state index in [0.29, 0.717) is 29.2 Å². The Morgan fingerprint density at radius 1 is 0.929 bits per heavy atom. The summed E-state index contributed by atoms with van der Waals surface area (Å²) < 4.78 is 48.9. The summed E-state index contributed by atoms with van der Waals surface area (Å²) in [5.41, 5.74) is 3.19. The molecular formula is C21H19F3N2O2. The van der Waals surface area contributed by atoms with Crippen molar-refractivity contribution in [3.05, 3.63) is 64.7 Å². The van der Waals surface area contributed by atoms with E-state index in [4.69, 9.17) is 9.47 Å². The minimum absolute atomic E-state index is 0.566. The molecule has 28 heavy (non-hydrogen) atoms. The van der Waals surface area contributed by atoms with E-state index >= 15 is 0 Å². The Kier molecular flexibility index (Phi) is 5.53. The molecule has 0 amide bonds. The first-order valence-corrected chi connectivity index (χ1v) is 8.53. The normalized spacial score (nSPS) is 14.2. The number of allylic oxidation sites excluding steroid dienone is 1. The number of nitrogens with zero attached hydrogens (tertiary/aromatic N) is 2. The van der Waals surface area contributed by atoms with Crippen LogP contribution in [0.15, 0.2) is 52.7 Å². The van der Waals surface area contributed by atoms with Crippen molar-refractivity contribution in [3.8, 4) is 11.5 Å². The van der Waals surface area contributed by atoms with Gasteiger partial charge >= 0.3 is 6.18 Å². The Labute approximate surface area is 161 Å². The van der Waals surface area contributed by atoms with Crippen LogP contribution < -0.4 is 9.47 Å². The number of methoxy groups -OCH3 is 2. The fraction of sp³-hybridized carbons (Fsp3) is 0.238. The number of alkyl halides is 3. The zero-order chi connectivity index (χ0) is 20.3. The van der Waals surface area contributed by atoms with E-state index in [1.807, 2.05) is 19.1 Å². The predicted octanol–water partition coefficient (Wildman–Crippen LogP) is 5.16. The van der Waals surface area contributed by atoms with Crippen LogP contribution in [0, 0.1) is 0 Å². The molecule has 0 aromatic heterocycles. The molecule has 2 aromatic rings. The van der Waals surface area contributed by atoms with Gasteiger partial charge < -0.3 is 9.47 Å². The molecule has 0 saturated carbocycles. The fourth-order valence-electron chi connectivity index (χ4n) is 2.89. The summed E-state index contributed by atoms with van der Waals surface area (Å²) in [6.45, 7) is 1.88. The highest BCUT2D eigenvalue weighted by molar-refractivity contribution is 6.13. The maximum Gasteiger partial charge on any atom is 0.416 e. The maximum atomic E-state index is 12.7. The van der Waals surface area contributed by atoms with E-state index in [2.05, 4.69) is 10.2 Å². The maximum absolute atomic E-state index is 12.7. The van der Waals surface area contributed by atoms with Crippen LogP contribution >= 0.6 is 0 Å². The third-order valence-corrected chi connectivity index (χ3v) is 4.33. The lowest BCUT2D eigenvalue weighted by Crippen LogP contribution is -2.05. The molecule has 7 heteroatoms. The van der Waals surface area contributed by atoms with E-state index in [0.717, 1.165) is 29.0 Å². The highest BCUT2D eigenvalue weighted by atomic mass is 19.4. The second kappa shape index (κ2) is 7.88. The number of halogens is 3. The topological polar surface area (TPSA) is 43.2 Å². The predicted molar refractivity (Wildman–Crippen MR) is 103 cm³/mol. The Morgan fingerprint density at radius 2 is 1.57 bits per heavy atom. The Bertz CT molecular complexity index is 959. The summed E-state index contributed by atoms with van der Waals surface area (Å²) in [5.74, 6) is 1.18. The Hall–Kier alpha value is -3.09. The largest absolute Gasteiger partial charge is 0.493 e. The molecule has 0 N–H and O–H groups in total. The molecule has 0 aliphatic carbocycles. The molecule has 3 rings (SSSR count). The SMILES string of the molecule is COc1cc2c(cc1OC)C(C=Cc1ccc(C(F)(F)F)cc1)=NN=C(C)C2. The van der Waals surface area contributed by atoms with Crippen molar-refractivity contribution in [2.75, 3.05) is 14.2 Å². The Morgan fingerprint density at radius 3 is 2.18 bits per heavy atom. The van der Waals surface area contributed by atoms with Crippen LogP contribution in [0.4, 0.5) is 13.2 Å². The summed E-state index contributed by atoms with van der Waals surface area (Å²) in [5, 5.41) is 8.50. The van der Waals surface area contributed by atoms with Gasteiger partial charge in [-0.25, -0.2) is 0 Å². The molecular weight excluding hydrogens is 369 g/mol. The molecule has 0 atom stereocenters.